The minimum atomic E-state index is -0.126. The molecule has 2 N–H and O–H groups in total. The van der Waals surface area contributed by atoms with Gasteiger partial charge in [-0.05, 0) is 39.9 Å². The normalized spacial score (nSPS) is 15.9. The van der Waals surface area contributed by atoms with E-state index < -0.39 is 0 Å². The van der Waals surface area contributed by atoms with Gasteiger partial charge in [-0.3, -0.25) is 9.69 Å². The first-order chi connectivity index (χ1) is 17.2. The van der Waals surface area contributed by atoms with Crippen LogP contribution < -0.4 is 5.73 Å². The molecule has 1 amide bonds. The summed E-state index contributed by atoms with van der Waals surface area (Å²) < 4.78 is 5.51. The second kappa shape index (κ2) is 9.09. The van der Waals surface area contributed by atoms with Crippen LogP contribution in [0, 0.1) is 0 Å². The summed E-state index contributed by atoms with van der Waals surface area (Å²) in [5, 5.41) is 0.721. The van der Waals surface area contributed by atoms with Crippen molar-refractivity contribution in [3.8, 4) is 11.1 Å². The van der Waals surface area contributed by atoms with Crippen LogP contribution in [-0.4, -0.2) is 52.0 Å². The van der Waals surface area contributed by atoms with Gasteiger partial charge in [-0.1, -0.05) is 54.6 Å². The van der Waals surface area contributed by atoms with Crippen molar-refractivity contribution in [2.24, 2.45) is 0 Å². The van der Waals surface area contributed by atoms with Crippen molar-refractivity contribution >= 4 is 22.8 Å². The van der Waals surface area contributed by atoms with Crippen LogP contribution in [0.25, 0.3) is 22.0 Å². The number of morpholine rings is 1. The lowest BCUT2D eigenvalue weighted by Gasteiger charge is -2.27. The molecule has 1 aromatic heterocycles. The summed E-state index contributed by atoms with van der Waals surface area (Å²) in [6.45, 7) is 5.39. The average molecular weight is 466 g/mol. The van der Waals surface area contributed by atoms with Crippen molar-refractivity contribution in [3.63, 3.8) is 0 Å². The van der Waals surface area contributed by atoms with Gasteiger partial charge in [-0.15, -0.1) is 0 Å². The number of fused-ring (bicyclic) bond motifs is 2. The Balaban J connectivity index is 1.37. The zero-order valence-corrected chi connectivity index (χ0v) is 19.5. The highest BCUT2D eigenvalue weighted by Gasteiger charge is 2.27. The molecule has 3 aromatic carbocycles. The van der Waals surface area contributed by atoms with E-state index in [1.165, 1.54) is 16.7 Å². The first kappa shape index (κ1) is 21.7. The molecule has 0 spiro atoms. The molecule has 2 aliphatic heterocycles. The van der Waals surface area contributed by atoms with Gasteiger partial charge in [-0.2, -0.15) is 0 Å². The number of hydrogen-bond acceptors (Lipinski definition) is 6. The number of ether oxygens (including phenoxy) is 1. The lowest BCUT2D eigenvalue weighted by Crippen LogP contribution is -2.35. The summed E-state index contributed by atoms with van der Waals surface area (Å²) in [5.41, 5.74) is 12.8. The molecule has 0 bridgehead atoms. The molecule has 7 nitrogen and oxygen atoms in total. The van der Waals surface area contributed by atoms with Crippen molar-refractivity contribution < 1.29 is 9.53 Å². The quantitative estimate of drug-likeness (QED) is 0.493. The fourth-order valence-corrected chi connectivity index (χ4v) is 5.04. The molecule has 2 aliphatic rings. The lowest BCUT2D eigenvalue weighted by atomic mass is 9.97. The standard InChI is InChI=1S/C28H27N5O2/c29-28-30-25-10-9-19(23-8-4-3-7-22(23)16-32-11-13-35-14-12-32)15-24(25)26(31-28)27(34)33-17-20-5-1-2-6-21(20)18-33/h1-10,15H,11-14,16-18H2,(H2,29,30,31). The highest BCUT2D eigenvalue weighted by Crippen LogP contribution is 2.31. The maximum atomic E-state index is 13.6. The van der Waals surface area contributed by atoms with E-state index >= 15 is 0 Å². The van der Waals surface area contributed by atoms with Gasteiger partial charge in [-0.25, -0.2) is 9.97 Å². The molecule has 0 saturated carbocycles. The van der Waals surface area contributed by atoms with Gasteiger partial charge in [0.1, 0.15) is 5.69 Å². The molecule has 0 aliphatic carbocycles. The highest BCUT2D eigenvalue weighted by molar-refractivity contribution is 6.05. The van der Waals surface area contributed by atoms with Crippen LogP contribution in [0.4, 0.5) is 5.95 Å². The maximum absolute atomic E-state index is 13.6. The smallest absolute Gasteiger partial charge is 0.273 e. The Kier molecular flexibility index (Phi) is 5.64. The number of hydrogen-bond donors (Lipinski definition) is 1. The van der Waals surface area contributed by atoms with E-state index in [0.717, 1.165) is 49.4 Å². The summed E-state index contributed by atoms with van der Waals surface area (Å²) >= 11 is 0. The number of aromatic nitrogens is 2. The van der Waals surface area contributed by atoms with Gasteiger partial charge in [0.05, 0.1) is 18.7 Å². The first-order valence-electron chi connectivity index (χ1n) is 12.0. The molecule has 0 radical (unpaired) electrons. The molecule has 1 saturated heterocycles. The number of nitrogens with two attached hydrogens (primary N) is 1. The van der Waals surface area contributed by atoms with Crippen LogP contribution in [0.1, 0.15) is 27.2 Å². The van der Waals surface area contributed by atoms with E-state index in [1.54, 1.807) is 0 Å². The van der Waals surface area contributed by atoms with Gasteiger partial charge >= 0.3 is 0 Å². The van der Waals surface area contributed by atoms with E-state index in [0.29, 0.717) is 24.3 Å². The molecule has 176 valence electrons. The second-order valence-corrected chi connectivity index (χ2v) is 9.14. The number of rotatable bonds is 4. The zero-order chi connectivity index (χ0) is 23.8. The largest absolute Gasteiger partial charge is 0.379 e. The number of anilines is 1. The van der Waals surface area contributed by atoms with E-state index in [1.807, 2.05) is 35.2 Å². The SMILES string of the molecule is Nc1nc(C(=O)N2Cc3ccccc3C2)c2cc(-c3ccccc3CN3CCOCC3)ccc2n1. The minimum absolute atomic E-state index is 0.109. The Morgan fingerprint density at radius 3 is 2.40 bits per heavy atom. The second-order valence-electron chi connectivity index (χ2n) is 9.14. The van der Waals surface area contributed by atoms with Crippen molar-refractivity contribution in [2.45, 2.75) is 19.6 Å². The Bertz CT molecular complexity index is 1390. The van der Waals surface area contributed by atoms with E-state index in [4.69, 9.17) is 10.5 Å². The fourth-order valence-electron chi connectivity index (χ4n) is 5.04. The number of amides is 1. The highest BCUT2D eigenvalue weighted by atomic mass is 16.5. The number of benzene rings is 3. The molecular weight excluding hydrogens is 438 g/mol. The Hall–Kier alpha value is -3.81. The van der Waals surface area contributed by atoms with Gasteiger partial charge in [0.15, 0.2) is 0 Å². The van der Waals surface area contributed by atoms with Crippen LogP contribution in [-0.2, 0) is 24.4 Å². The van der Waals surface area contributed by atoms with Crippen LogP contribution in [0.2, 0.25) is 0 Å². The number of nitrogen functional groups attached to an aromatic ring is 1. The molecule has 7 heteroatoms. The Morgan fingerprint density at radius 2 is 1.63 bits per heavy atom. The predicted octanol–water partition coefficient (Wildman–Crippen LogP) is 3.87. The fraction of sp³-hybridized carbons (Fsp3) is 0.250. The van der Waals surface area contributed by atoms with Gasteiger partial charge < -0.3 is 15.4 Å². The van der Waals surface area contributed by atoms with E-state index in [9.17, 15) is 4.79 Å². The van der Waals surface area contributed by atoms with Crippen LogP contribution in [0.15, 0.2) is 66.7 Å². The molecule has 6 rings (SSSR count). The van der Waals surface area contributed by atoms with Gasteiger partial charge in [0.2, 0.25) is 5.95 Å². The Morgan fingerprint density at radius 1 is 0.914 bits per heavy atom. The maximum Gasteiger partial charge on any atom is 0.273 e. The number of carbonyl (C=O) groups excluding carboxylic acids is 1. The molecule has 0 atom stereocenters. The predicted molar refractivity (Wildman–Crippen MR) is 136 cm³/mol. The Labute approximate surface area is 204 Å². The monoisotopic (exact) mass is 465 g/mol. The third-order valence-corrected chi connectivity index (χ3v) is 6.87. The minimum Gasteiger partial charge on any atom is -0.379 e. The average Bonchev–Trinajstić information content (AvgIpc) is 3.33. The molecule has 0 unspecified atom stereocenters. The summed E-state index contributed by atoms with van der Waals surface area (Å²) in [7, 11) is 0. The lowest BCUT2D eigenvalue weighted by molar-refractivity contribution is 0.0342. The van der Waals surface area contributed by atoms with Gasteiger partial charge in [0.25, 0.3) is 5.91 Å². The summed E-state index contributed by atoms with van der Waals surface area (Å²) in [6.07, 6.45) is 0. The van der Waals surface area contributed by atoms with Crippen molar-refractivity contribution in [2.75, 3.05) is 32.0 Å². The van der Waals surface area contributed by atoms with Crippen LogP contribution >= 0.6 is 0 Å². The molecular formula is C28H27N5O2. The van der Waals surface area contributed by atoms with E-state index in [-0.39, 0.29) is 11.9 Å². The van der Waals surface area contributed by atoms with Crippen molar-refractivity contribution in [3.05, 3.63) is 89.1 Å². The van der Waals surface area contributed by atoms with Crippen molar-refractivity contribution in [1.82, 2.24) is 19.8 Å². The molecule has 4 aromatic rings. The topological polar surface area (TPSA) is 84.6 Å². The summed E-state index contributed by atoms with van der Waals surface area (Å²) in [6, 6.07) is 22.6. The first-order valence-corrected chi connectivity index (χ1v) is 12.0. The van der Waals surface area contributed by atoms with Crippen molar-refractivity contribution in [1.29, 1.82) is 0 Å². The number of carbonyl (C=O) groups is 1. The van der Waals surface area contributed by atoms with Gasteiger partial charge in [0, 0.05) is 38.1 Å². The van der Waals surface area contributed by atoms with Crippen LogP contribution in [0.3, 0.4) is 0 Å². The molecule has 1 fully saturated rings. The third-order valence-electron chi connectivity index (χ3n) is 6.87. The third kappa shape index (κ3) is 4.24. The summed E-state index contributed by atoms with van der Waals surface area (Å²) in [5.74, 6) is -0.0166. The van der Waals surface area contributed by atoms with E-state index in [2.05, 4.69) is 51.3 Å². The zero-order valence-electron chi connectivity index (χ0n) is 19.5. The molecule has 35 heavy (non-hydrogen) atoms. The number of nitrogens with zero attached hydrogens (tertiary/aromatic N) is 4. The van der Waals surface area contributed by atoms with Crippen LogP contribution in [0.5, 0.6) is 0 Å². The summed E-state index contributed by atoms with van der Waals surface area (Å²) in [4.78, 5) is 26.7. The molecule has 3 heterocycles.